The summed E-state index contributed by atoms with van der Waals surface area (Å²) >= 11 is 1.55. The molecule has 0 aliphatic heterocycles. The van der Waals surface area contributed by atoms with Crippen molar-refractivity contribution >= 4 is 39.0 Å². The van der Waals surface area contributed by atoms with Gasteiger partial charge in [-0.15, -0.1) is 11.3 Å². The standard InChI is InChI=1S/C16H18N2O3S2/c1-10-6-7-22-15(10)4-5-16(19)18-14-9-13(23(17,20)21)8-11(2)12(14)3/h4-9H,1-3H3,(H,18,19)(H2,17,20,21)/b5-4+. The fourth-order valence-electron chi connectivity index (χ4n) is 2.00. The number of sulfonamides is 1. The molecule has 0 radical (unpaired) electrons. The molecule has 7 heteroatoms. The van der Waals surface area contributed by atoms with Gasteiger partial charge in [0, 0.05) is 16.6 Å². The lowest BCUT2D eigenvalue weighted by atomic mass is 10.1. The first-order valence-corrected chi connectivity index (χ1v) is 9.28. The van der Waals surface area contributed by atoms with E-state index >= 15 is 0 Å². The zero-order chi connectivity index (χ0) is 17.2. The van der Waals surface area contributed by atoms with Crippen LogP contribution in [0.1, 0.15) is 21.6 Å². The fraction of sp³-hybridized carbons (Fsp3) is 0.188. The van der Waals surface area contributed by atoms with Gasteiger partial charge in [0.15, 0.2) is 0 Å². The van der Waals surface area contributed by atoms with Gasteiger partial charge in [0.25, 0.3) is 0 Å². The number of primary sulfonamides is 1. The molecule has 0 spiro atoms. The summed E-state index contributed by atoms with van der Waals surface area (Å²) in [5.74, 6) is -0.327. The van der Waals surface area contributed by atoms with Gasteiger partial charge in [-0.05, 0) is 67.1 Å². The minimum atomic E-state index is -3.82. The molecule has 0 fully saturated rings. The maximum absolute atomic E-state index is 12.1. The Bertz CT molecular complexity index is 881. The molecular weight excluding hydrogens is 332 g/mol. The predicted octanol–water partition coefficient (Wildman–Crippen LogP) is 2.97. The zero-order valence-electron chi connectivity index (χ0n) is 13.1. The van der Waals surface area contributed by atoms with E-state index < -0.39 is 10.0 Å². The number of carbonyl (C=O) groups is 1. The van der Waals surface area contributed by atoms with Crippen LogP contribution in [-0.2, 0) is 14.8 Å². The van der Waals surface area contributed by atoms with Gasteiger partial charge >= 0.3 is 0 Å². The molecule has 1 heterocycles. The summed E-state index contributed by atoms with van der Waals surface area (Å²) in [4.78, 5) is 13.1. The van der Waals surface area contributed by atoms with Gasteiger partial charge in [-0.25, -0.2) is 13.6 Å². The number of nitrogens with two attached hydrogens (primary N) is 1. The van der Waals surface area contributed by atoms with Crippen molar-refractivity contribution in [1.82, 2.24) is 0 Å². The average Bonchev–Trinajstić information content (AvgIpc) is 2.85. The summed E-state index contributed by atoms with van der Waals surface area (Å²) in [6, 6.07) is 4.84. The summed E-state index contributed by atoms with van der Waals surface area (Å²) in [7, 11) is -3.82. The van der Waals surface area contributed by atoms with Crippen molar-refractivity contribution < 1.29 is 13.2 Å². The normalized spacial score (nSPS) is 11.8. The number of nitrogens with one attached hydrogen (secondary N) is 1. The molecule has 0 bridgehead atoms. The van der Waals surface area contributed by atoms with Gasteiger partial charge in [0.05, 0.1) is 4.90 Å². The Kier molecular flexibility index (Phi) is 5.03. The molecule has 1 aromatic heterocycles. The van der Waals surface area contributed by atoms with E-state index in [2.05, 4.69) is 5.32 Å². The highest BCUT2D eigenvalue weighted by molar-refractivity contribution is 7.89. The van der Waals surface area contributed by atoms with E-state index in [-0.39, 0.29) is 10.8 Å². The van der Waals surface area contributed by atoms with E-state index in [0.29, 0.717) is 5.69 Å². The van der Waals surface area contributed by atoms with E-state index in [0.717, 1.165) is 21.6 Å². The maximum atomic E-state index is 12.1. The lowest BCUT2D eigenvalue weighted by Gasteiger charge is -2.11. The Morgan fingerprint density at radius 3 is 2.48 bits per heavy atom. The quantitative estimate of drug-likeness (QED) is 0.831. The summed E-state index contributed by atoms with van der Waals surface area (Å²) in [5, 5.41) is 9.82. The topological polar surface area (TPSA) is 89.3 Å². The van der Waals surface area contributed by atoms with E-state index in [4.69, 9.17) is 5.14 Å². The van der Waals surface area contributed by atoms with E-state index in [1.807, 2.05) is 25.3 Å². The minimum absolute atomic E-state index is 0.0195. The molecule has 0 saturated heterocycles. The van der Waals surface area contributed by atoms with Crippen LogP contribution in [0.25, 0.3) is 6.08 Å². The minimum Gasteiger partial charge on any atom is -0.322 e. The lowest BCUT2D eigenvalue weighted by molar-refractivity contribution is -0.111. The molecule has 3 N–H and O–H groups in total. The molecule has 0 aliphatic rings. The molecule has 5 nitrogen and oxygen atoms in total. The molecule has 122 valence electrons. The average molecular weight is 350 g/mol. The molecule has 0 atom stereocenters. The van der Waals surface area contributed by atoms with Gasteiger partial charge in [-0.1, -0.05) is 0 Å². The van der Waals surface area contributed by atoms with Crippen LogP contribution in [0, 0.1) is 20.8 Å². The number of thiophene rings is 1. The molecule has 1 aromatic carbocycles. The summed E-state index contributed by atoms with van der Waals surface area (Å²) in [5.41, 5.74) is 3.07. The van der Waals surface area contributed by atoms with Crippen molar-refractivity contribution in [2.75, 3.05) is 5.32 Å². The van der Waals surface area contributed by atoms with Crippen molar-refractivity contribution in [3.05, 3.63) is 51.2 Å². The van der Waals surface area contributed by atoms with Crippen LogP contribution in [0.4, 0.5) is 5.69 Å². The number of hydrogen-bond acceptors (Lipinski definition) is 4. The van der Waals surface area contributed by atoms with Crippen molar-refractivity contribution in [2.45, 2.75) is 25.7 Å². The third kappa shape index (κ3) is 4.28. The number of carbonyl (C=O) groups excluding carboxylic acids is 1. The van der Waals surface area contributed by atoms with E-state index in [1.54, 1.807) is 24.3 Å². The number of rotatable bonds is 4. The molecular formula is C16H18N2O3S2. The Morgan fingerprint density at radius 1 is 1.22 bits per heavy atom. The van der Waals surface area contributed by atoms with Crippen LogP contribution < -0.4 is 10.5 Å². The first-order chi connectivity index (χ1) is 10.7. The van der Waals surface area contributed by atoms with Crippen LogP contribution in [0.5, 0.6) is 0 Å². The van der Waals surface area contributed by atoms with E-state index in [1.165, 1.54) is 18.2 Å². The van der Waals surface area contributed by atoms with Crippen LogP contribution in [0.2, 0.25) is 0 Å². The third-order valence-corrected chi connectivity index (χ3v) is 5.39. The molecule has 2 aromatic rings. The largest absolute Gasteiger partial charge is 0.322 e. The van der Waals surface area contributed by atoms with Crippen molar-refractivity contribution in [1.29, 1.82) is 0 Å². The first kappa shape index (κ1) is 17.4. The van der Waals surface area contributed by atoms with Crippen LogP contribution in [0.15, 0.2) is 34.6 Å². The van der Waals surface area contributed by atoms with Crippen molar-refractivity contribution in [2.24, 2.45) is 5.14 Å². The second kappa shape index (κ2) is 6.66. The summed E-state index contributed by atoms with van der Waals surface area (Å²) < 4.78 is 23.0. The summed E-state index contributed by atoms with van der Waals surface area (Å²) in [6.07, 6.45) is 3.16. The fourth-order valence-corrected chi connectivity index (χ4v) is 3.44. The molecule has 2 rings (SSSR count). The van der Waals surface area contributed by atoms with Gasteiger partial charge in [-0.3, -0.25) is 4.79 Å². The van der Waals surface area contributed by atoms with Crippen LogP contribution in [0.3, 0.4) is 0 Å². The van der Waals surface area contributed by atoms with Gasteiger partial charge < -0.3 is 5.32 Å². The van der Waals surface area contributed by atoms with Crippen LogP contribution >= 0.6 is 11.3 Å². The Hall–Kier alpha value is -1.96. The van der Waals surface area contributed by atoms with Crippen LogP contribution in [-0.4, -0.2) is 14.3 Å². The Labute approximate surface area is 139 Å². The van der Waals surface area contributed by atoms with Gasteiger partial charge in [-0.2, -0.15) is 0 Å². The van der Waals surface area contributed by atoms with Gasteiger partial charge in [0.2, 0.25) is 15.9 Å². The SMILES string of the molecule is Cc1ccsc1/C=C/C(=O)Nc1cc(S(N)(=O)=O)cc(C)c1C. The highest BCUT2D eigenvalue weighted by Gasteiger charge is 2.13. The van der Waals surface area contributed by atoms with E-state index in [9.17, 15) is 13.2 Å². The first-order valence-electron chi connectivity index (χ1n) is 6.85. The Balaban J connectivity index is 2.26. The Morgan fingerprint density at radius 2 is 1.91 bits per heavy atom. The predicted molar refractivity (Wildman–Crippen MR) is 94.0 cm³/mol. The second-order valence-corrected chi connectivity index (χ2v) is 7.76. The van der Waals surface area contributed by atoms with Gasteiger partial charge in [0.1, 0.15) is 0 Å². The van der Waals surface area contributed by atoms with Crippen molar-refractivity contribution in [3.63, 3.8) is 0 Å². The molecule has 0 saturated carbocycles. The molecule has 1 amide bonds. The second-order valence-electron chi connectivity index (χ2n) is 5.25. The maximum Gasteiger partial charge on any atom is 0.248 e. The third-order valence-electron chi connectivity index (χ3n) is 3.52. The number of amides is 1. The molecule has 0 unspecified atom stereocenters. The lowest BCUT2D eigenvalue weighted by Crippen LogP contribution is -2.15. The monoisotopic (exact) mass is 350 g/mol. The number of anilines is 1. The molecule has 23 heavy (non-hydrogen) atoms. The highest BCUT2D eigenvalue weighted by Crippen LogP contribution is 2.24. The number of hydrogen-bond donors (Lipinski definition) is 2. The van der Waals surface area contributed by atoms with Crippen molar-refractivity contribution in [3.8, 4) is 0 Å². The number of aryl methyl sites for hydroxylation is 2. The molecule has 0 aliphatic carbocycles. The number of benzene rings is 1. The smallest absolute Gasteiger partial charge is 0.248 e. The summed E-state index contributed by atoms with van der Waals surface area (Å²) in [6.45, 7) is 5.55. The highest BCUT2D eigenvalue weighted by atomic mass is 32.2. The zero-order valence-corrected chi connectivity index (χ0v) is 14.7.